The average molecular weight is 410 g/mol. The Hall–Kier alpha value is -0.963. The molecule has 1 aromatic carbocycles. The van der Waals surface area contributed by atoms with E-state index in [0.717, 1.165) is 5.56 Å². The molecule has 2 saturated heterocycles. The summed E-state index contributed by atoms with van der Waals surface area (Å²) in [6, 6.07) is 6.64. The van der Waals surface area contributed by atoms with Gasteiger partial charge in [0.15, 0.2) is 14.1 Å². The van der Waals surface area contributed by atoms with Crippen molar-refractivity contribution in [2.45, 2.75) is 88.9 Å². The minimum Gasteiger partial charge on any atom is -0.508 e. The molecule has 0 radical (unpaired) electrons. The monoisotopic (exact) mass is 409 g/mol. The second kappa shape index (κ2) is 7.38. The van der Waals surface area contributed by atoms with Crippen LogP contribution in [-0.2, 0) is 13.9 Å². The molecule has 0 aromatic heterocycles. The zero-order valence-corrected chi connectivity index (χ0v) is 19.0. The van der Waals surface area contributed by atoms with Gasteiger partial charge in [-0.2, -0.15) is 0 Å². The van der Waals surface area contributed by atoms with Crippen molar-refractivity contribution >= 4 is 8.32 Å². The van der Waals surface area contributed by atoms with E-state index in [0.29, 0.717) is 0 Å². The molecule has 5 atom stereocenters. The Labute approximate surface area is 169 Å². The van der Waals surface area contributed by atoms with Crippen molar-refractivity contribution in [1.29, 1.82) is 0 Å². The molecule has 2 heterocycles. The molecule has 1 aromatic rings. The van der Waals surface area contributed by atoms with E-state index in [4.69, 9.17) is 13.9 Å². The Kier molecular flexibility index (Phi) is 5.73. The lowest BCUT2D eigenvalue weighted by Crippen LogP contribution is -2.64. The summed E-state index contributed by atoms with van der Waals surface area (Å²) >= 11 is 0. The summed E-state index contributed by atoms with van der Waals surface area (Å²) in [6.45, 7) is 14.8. The Morgan fingerprint density at radius 1 is 1.18 bits per heavy atom. The summed E-state index contributed by atoms with van der Waals surface area (Å²) in [4.78, 5) is 0. The Balaban J connectivity index is 1.96. The molecule has 7 heteroatoms. The zero-order chi connectivity index (χ0) is 20.9. The van der Waals surface area contributed by atoms with Crippen molar-refractivity contribution in [3.05, 3.63) is 29.8 Å². The fourth-order valence-corrected chi connectivity index (χ4v) is 5.14. The largest absolute Gasteiger partial charge is 0.508 e. The third-order valence-electron chi connectivity index (χ3n) is 6.27. The van der Waals surface area contributed by atoms with Crippen LogP contribution < -0.4 is 5.32 Å². The number of fused-ring (bicyclic) bond motifs is 1. The maximum atomic E-state index is 10.2. The highest BCUT2D eigenvalue weighted by atomic mass is 28.4. The molecule has 2 aliphatic rings. The van der Waals surface area contributed by atoms with Crippen molar-refractivity contribution < 1.29 is 24.1 Å². The van der Waals surface area contributed by atoms with Crippen LogP contribution >= 0.6 is 0 Å². The van der Waals surface area contributed by atoms with Crippen LogP contribution in [0.15, 0.2) is 24.3 Å². The van der Waals surface area contributed by atoms with E-state index in [9.17, 15) is 10.2 Å². The summed E-state index contributed by atoms with van der Waals surface area (Å²) in [7, 11) is -2.09. The number of aliphatic hydroxyl groups excluding tert-OH is 1. The van der Waals surface area contributed by atoms with Gasteiger partial charge in [-0.05, 0) is 49.7 Å². The summed E-state index contributed by atoms with van der Waals surface area (Å²) in [6.07, 6.45) is -0.907. The second-order valence-electron chi connectivity index (χ2n) is 9.94. The molecule has 6 nitrogen and oxygen atoms in total. The number of rotatable bonds is 4. The molecule has 0 unspecified atom stereocenters. The van der Waals surface area contributed by atoms with E-state index < -0.39 is 14.1 Å². The quantitative estimate of drug-likeness (QED) is 0.662. The summed E-state index contributed by atoms with van der Waals surface area (Å²) in [5.74, 6) is -0.542. The van der Waals surface area contributed by atoms with Crippen molar-refractivity contribution in [1.82, 2.24) is 5.32 Å². The highest BCUT2D eigenvalue weighted by molar-refractivity contribution is 6.74. The standard InChI is InChI=1S/C21H35NO5Si/c1-20(2,3)28(6,7)27-17-15(12-23)22-16(13-9-8-10-14(24)11-13)18-19(17)26-21(4,5)25-18/h8-11,15-19,22-24H,12H2,1-7H3/t15-,16+,17-,18-,19+/m1/s1. The van der Waals surface area contributed by atoms with Crippen molar-refractivity contribution in [2.24, 2.45) is 0 Å². The predicted molar refractivity (Wildman–Crippen MR) is 111 cm³/mol. The first kappa shape index (κ1) is 21.7. The number of aliphatic hydroxyl groups is 1. The molecule has 2 fully saturated rings. The van der Waals surface area contributed by atoms with Crippen LogP contribution in [0.5, 0.6) is 5.75 Å². The number of phenolic OH excluding ortho intramolecular Hbond substituents is 1. The molecular weight excluding hydrogens is 374 g/mol. The van der Waals surface area contributed by atoms with Crippen molar-refractivity contribution in [3.63, 3.8) is 0 Å². The summed E-state index contributed by atoms with van der Waals surface area (Å²) in [5.41, 5.74) is 0.903. The van der Waals surface area contributed by atoms with E-state index in [-0.39, 0.29) is 47.8 Å². The number of benzene rings is 1. The normalized spacial score (nSPS) is 32.9. The van der Waals surface area contributed by atoms with Gasteiger partial charge in [-0.25, -0.2) is 0 Å². The molecule has 158 valence electrons. The number of ether oxygens (including phenoxy) is 2. The minimum absolute atomic E-state index is 0.0412. The molecule has 3 rings (SSSR count). The fraction of sp³-hybridized carbons (Fsp3) is 0.714. The van der Waals surface area contributed by atoms with E-state index in [2.05, 4.69) is 39.2 Å². The first-order chi connectivity index (χ1) is 12.8. The highest BCUT2D eigenvalue weighted by Gasteiger charge is 2.56. The average Bonchev–Trinajstić information content (AvgIpc) is 2.89. The van der Waals surface area contributed by atoms with Crippen LogP contribution in [0.2, 0.25) is 18.1 Å². The lowest BCUT2D eigenvalue weighted by atomic mass is 9.87. The maximum absolute atomic E-state index is 10.2. The molecule has 0 spiro atoms. The molecule has 28 heavy (non-hydrogen) atoms. The third kappa shape index (κ3) is 4.15. The Bertz CT molecular complexity index is 702. The number of aromatic hydroxyl groups is 1. The Morgan fingerprint density at radius 3 is 2.39 bits per heavy atom. The van der Waals surface area contributed by atoms with Gasteiger partial charge in [0, 0.05) is 0 Å². The predicted octanol–water partition coefficient (Wildman–Crippen LogP) is 3.31. The van der Waals surface area contributed by atoms with Gasteiger partial charge in [-0.1, -0.05) is 32.9 Å². The number of piperidine rings is 1. The minimum atomic E-state index is -2.09. The molecule has 2 aliphatic heterocycles. The van der Waals surface area contributed by atoms with Crippen LogP contribution in [0, 0.1) is 0 Å². The summed E-state index contributed by atoms with van der Waals surface area (Å²) < 4.78 is 19.3. The second-order valence-corrected chi connectivity index (χ2v) is 14.7. The van der Waals surface area contributed by atoms with Crippen molar-refractivity contribution in [3.8, 4) is 5.75 Å². The summed E-state index contributed by atoms with van der Waals surface area (Å²) in [5, 5.41) is 23.6. The number of phenols is 1. The van der Waals surface area contributed by atoms with Crippen LogP contribution in [0.1, 0.15) is 46.2 Å². The van der Waals surface area contributed by atoms with Gasteiger partial charge < -0.3 is 29.4 Å². The number of nitrogens with one attached hydrogen (secondary N) is 1. The van der Waals surface area contributed by atoms with Gasteiger partial charge in [0.25, 0.3) is 0 Å². The topological polar surface area (TPSA) is 80.2 Å². The maximum Gasteiger partial charge on any atom is 0.192 e. The van der Waals surface area contributed by atoms with Gasteiger partial charge >= 0.3 is 0 Å². The van der Waals surface area contributed by atoms with Crippen LogP contribution in [-0.4, -0.2) is 55.3 Å². The zero-order valence-electron chi connectivity index (χ0n) is 18.0. The van der Waals surface area contributed by atoms with E-state index in [1.165, 1.54) is 0 Å². The SMILES string of the molecule is CC1(C)O[C@H]2[C@H](O[Si](C)(C)C(C)(C)C)[C@@H](CO)N[C@@H](c3cccc(O)c3)[C@H]2O1. The molecule has 0 saturated carbocycles. The fourth-order valence-electron chi connectivity index (χ4n) is 3.81. The van der Waals surface area contributed by atoms with Gasteiger partial charge in [0.1, 0.15) is 18.0 Å². The van der Waals surface area contributed by atoms with E-state index in [1.807, 2.05) is 26.0 Å². The van der Waals surface area contributed by atoms with Gasteiger partial charge in [-0.15, -0.1) is 0 Å². The first-order valence-corrected chi connectivity index (χ1v) is 12.9. The molecular formula is C21H35NO5Si. The van der Waals surface area contributed by atoms with Crippen molar-refractivity contribution in [2.75, 3.05) is 6.61 Å². The van der Waals surface area contributed by atoms with Gasteiger partial charge in [0.05, 0.1) is 24.8 Å². The third-order valence-corrected chi connectivity index (χ3v) is 10.7. The number of hydrogen-bond acceptors (Lipinski definition) is 6. The highest BCUT2D eigenvalue weighted by Crippen LogP contribution is 2.45. The Morgan fingerprint density at radius 2 is 1.82 bits per heavy atom. The van der Waals surface area contributed by atoms with Gasteiger partial charge in [-0.3, -0.25) is 0 Å². The lowest BCUT2D eigenvalue weighted by molar-refractivity contribution is -0.153. The van der Waals surface area contributed by atoms with Crippen LogP contribution in [0.4, 0.5) is 0 Å². The smallest absolute Gasteiger partial charge is 0.192 e. The molecule has 0 amide bonds. The first-order valence-electron chi connectivity index (χ1n) is 10.0. The molecule has 3 N–H and O–H groups in total. The molecule has 0 aliphatic carbocycles. The number of hydrogen-bond donors (Lipinski definition) is 3. The van der Waals surface area contributed by atoms with Crippen LogP contribution in [0.3, 0.4) is 0 Å². The lowest BCUT2D eigenvalue weighted by Gasteiger charge is -2.48. The van der Waals surface area contributed by atoms with Crippen LogP contribution in [0.25, 0.3) is 0 Å². The van der Waals surface area contributed by atoms with E-state index in [1.54, 1.807) is 12.1 Å². The van der Waals surface area contributed by atoms with Gasteiger partial charge in [0.2, 0.25) is 0 Å². The molecule has 0 bridgehead atoms. The van der Waals surface area contributed by atoms with E-state index >= 15 is 0 Å².